The Balaban J connectivity index is 0. The fraction of sp³-hybridized carbons (Fsp3) is 1.00. The molecule has 4 atom stereocenters. The van der Waals surface area contributed by atoms with Crippen molar-refractivity contribution in [3.05, 3.63) is 0 Å². The van der Waals surface area contributed by atoms with E-state index < -0.39 is 45.2 Å². The van der Waals surface area contributed by atoms with Gasteiger partial charge in [-0.05, 0) is 6.92 Å². The van der Waals surface area contributed by atoms with E-state index in [0.717, 1.165) is 0 Å². The van der Waals surface area contributed by atoms with E-state index in [2.05, 4.69) is 8.37 Å². The molecule has 0 aliphatic carbocycles. The summed E-state index contributed by atoms with van der Waals surface area (Å²) in [6.45, 7) is 1.17. The first-order chi connectivity index (χ1) is 8.53. The van der Waals surface area contributed by atoms with Crippen molar-refractivity contribution in [3.63, 3.8) is 0 Å². The Morgan fingerprint density at radius 3 is 1.81 bits per heavy atom. The molecule has 0 radical (unpaired) electrons. The molecule has 1 fully saturated rings. The average Bonchev–Trinajstić information content (AvgIpc) is 2.20. The van der Waals surface area contributed by atoms with Crippen LogP contribution in [-0.4, -0.2) is 64.1 Å². The molecule has 0 aromatic rings. The third kappa shape index (κ3) is 8.91. The molecule has 0 amide bonds. The summed E-state index contributed by atoms with van der Waals surface area (Å²) in [6, 6.07) is 0. The Bertz CT molecular complexity index is 505. The van der Waals surface area contributed by atoms with Crippen molar-refractivity contribution in [2.75, 3.05) is 13.7 Å². The van der Waals surface area contributed by atoms with Crippen LogP contribution in [0.4, 0.5) is 0 Å². The number of methoxy groups -OCH3 is 1. The fourth-order valence-electron chi connectivity index (χ4n) is 1.64. The number of rotatable bonds is 5. The molecule has 21 heavy (non-hydrogen) atoms. The zero-order valence-corrected chi connectivity index (χ0v) is 17.5. The van der Waals surface area contributed by atoms with Gasteiger partial charge in [0, 0.05) is 7.11 Å². The van der Waals surface area contributed by atoms with Crippen LogP contribution in [-0.2, 0) is 38.6 Å². The van der Waals surface area contributed by atoms with Crippen molar-refractivity contribution in [3.8, 4) is 0 Å². The Kier molecular flexibility index (Phi) is 11.7. The molecule has 10 nitrogen and oxygen atoms in total. The Labute approximate surface area is 167 Å². The number of hydrogen-bond acceptors (Lipinski definition) is 10. The molecule has 1 aliphatic rings. The summed E-state index contributed by atoms with van der Waals surface area (Å²) in [4.78, 5) is 0. The van der Waals surface area contributed by atoms with Crippen molar-refractivity contribution in [2.45, 2.75) is 31.3 Å². The van der Waals surface area contributed by atoms with Crippen LogP contribution in [0.3, 0.4) is 0 Å². The maximum atomic E-state index is 10.6. The maximum absolute atomic E-state index is 10.6. The van der Waals surface area contributed by atoms with Gasteiger partial charge in [-0.25, -0.2) is 16.8 Å². The van der Waals surface area contributed by atoms with E-state index in [-0.39, 0.29) is 65.7 Å². The molecular weight excluding hydrogens is 354 g/mol. The minimum Gasteiger partial charge on any atom is -0.726 e. The van der Waals surface area contributed by atoms with E-state index in [4.69, 9.17) is 9.47 Å². The Morgan fingerprint density at radius 2 is 1.43 bits per heavy atom. The molecule has 0 spiro atoms. The van der Waals surface area contributed by atoms with E-state index >= 15 is 0 Å². The summed E-state index contributed by atoms with van der Waals surface area (Å²) >= 11 is 0. The zero-order chi connectivity index (χ0) is 14.8. The van der Waals surface area contributed by atoms with Gasteiger partial charge in [-0.1, -0.05) is 0 Å². The molecule has 0 unspecified atom stereocenters. The van der Waals surface area contributed by atoms with E-state index in [9.17, 15) is 25.9 Å². The summed E-state index contributed by atoms with van der Waals surface area (Å²) in [5.74, 6) is 0. The first kappa shape index (κ1) is 24.9. The van der Waals surface area contributed by atoms with E-state index in [1.807, 2.05) is 0 Å². The van der Waals surface area contributed by atoms with Gasteiger partial charge in [-0.2, -0.15) is 0 Å². The van der Waals surface area contributed by atoms with Crippen LogP contribution in [0.2, 0.25) is 0 Å². The molecule has 1 heterocycles. The maximum Gasteiger partial charge on any atom is 1.00 e. The molecule has 1 rings (SSSR count). The molecule has 0 N–H and O–H groups in total. The summed E-state index contributed by atoms with van der Waals surface area (Å²) < 4.78 is 81.9. The van der Waals surface area contributed by atoms with Gasteiger partial charge in [0.05, 0.1) is 12.7 Å². The predicted molar refractivity (Wildman–Crippen MR) is 55.4 cm³/mol. The van der Waals surface area contributed by atoms with Crippen LogP contribution in [0.15, 0.2) is 0 Å². The van der Waals surface area contributed by atoms with Crippen LogP contribution < -0.4 is 59.1 Å². The second kappa shape index (κ2) is 9.84. The smallest absolute Gasteiger partial charge is 0.726 e. The SMILES string of the molecule is CO[C@@H]1CO[C@@H](C)[C@H](OS(=O)(=O)[O-])[C@H]1OS(=O)(=O)[O-].[Na+].[Na+]. The number of ether oxygens (including phenoxy) is 2. The van der Waals surface area contributed by atoms with Gasteiger partial charge in [0.1, 0.15) is 18.3 Å². The van der Waals surface area contributed by atoms with E-state index in [1.54, 1.807) is 0 Å². The third-order valence-electron chi connectivity index (χ3n) is 2.44. The molecule has 1 aliphatic heterocycles. The third-order valence-corrected chi connectivity index (χ3v) is 3.35. The van der Waals surface area contributed by atoms with Gasteiger partial charge in [-0.3, -0.25) is 8.37 Å². The minimum atomic E-state index is -5.14. The molecule has 0 aromatic carbocycles. The minimum absolute atomic E-state index is 0. The van der Waals surface area contributed by atoms with Crippen molar-refractivity contribution >= 4 is 20.8 Å². The summed E-state index contributed by atoms with van der Waals surface area (Å²) in [5.41, 5.74) is 0. The average molecular weight is 366 g/mol. The second-order valence-corrected chi connectivity index (χ2v) is 5.77. The largest absolute Gasteiger partial charge is 1.00 e. The van der Waals surface area contributed by atoms with Gasteiger partial charge in [0.25, 0.3) is 0 Å². The van der Waals surface area contributed by atoms with Crippen LogP contribution in [0, 0.1) is 0 Å². The molecule has 0 bridgehead atoms. The quantitative estimate of drug-likeness (QED) is 0.260. The molecular formula is C7H12Na2O10S2. The normalized spacial score (nSPS) is 30.1. The van der Waals surface area contributed by atoms with Crippen molar-refractivity contribution in [2.24, 2.45) is 0 Å². The summed E-state index contributed by atoms with van der Waals surface area (Å²) in [5, 5.41) is 0. The first-order valence-electron chi connectivity index (χ1n) is 4.96. The topological polar surface area (TPSA) is 151 Å². The van der Waals surface area contributed by atoms with Gasteiger partial charge in [0.15, 0.2) is 0 Å². The van der Waals surface area contributed by atoms with E-state index in [0.29, 0.717) is 0 Å². The van der Waals surface area contributed by atoms with Gasteiger partial charge in [0.2, 0.25) is 20.8 Å². The summed E-state index contributed by atoms with van der Waals surface area (Å²) in [7, 11) is -9.11. The van der Waals surface area contributed by atoms with Crippen LogP contribution in [0.1, 0.15) is 6.92 Å². The van der Waals surface area contributed by atoms with Gasteiger partial charge in [-0.15, -0.1) is 0 Å². The zero-order valence-electron chi connectivity index (χ0n) is 11.9. The Hall–Kier alpha value is 1.66. The molecule has 114 valence electrons. The van der Waals surface area contributed by atoms with Crippen LogP contribution >= 0.6 is 0 Å². The molecule has 0 saturated carbocycles. The van der Waals surface area contributed by atoms with Crippen molar-refractivity contribution in [1.29, 1.82) is 0 Å². The summed E-state index contributed by atoms with van der Waals surface area (Å²) in [6.07, 6.45) is -5.27. The van der Waals surface area contributed by atoms with Crippen molar-refractivity contribution in [1.82, 2.24) is 0 Å². The fourth-order valence-corrected chi connectivity index (χ4v) is 2.68. The molecule has 1 saturated heterocycles. The second-order valence-electron chi connectivity index (χ2n) is 3.75. The Morgan fingerprint density at radius 1 is 1.00 bits per heavy atom. The van der Waals surface area contributed by atoms with Gasteiger partial charge < -0.3 is 18.6 Å². The van der Waals surface area contributed by atoms with Gasteiger partial charge >= 0.3 is 59.1 Å². The van der Waals surface area contributed by atoms with Crippen molar-refractivity contribution < 1.29 is 103 Å². The predicted octanol–water partition coefficient (Wildman–Crippen LogP) is -7.88. The van der Waals surface area contributed by atoms with Crippen LogP contribution in [0.5, 0.6) is 0 Å². The monoisotopic (exact) mass is 366 g/mol. The van der Waals surface area contributed by atoms with E-state index in [1.165, 1.54) is 14.0 Å². The molecule has 0 aromatic heterocycles. The number of hydrogen-bond donors (Lipinski definition) is 0. The molecule has 14 heteroatoms. The standard InChI is InChI=1S/C7H14O10S2.2Na/c1-4-6(16-18(8,9)10)7(17-19(11,12)13)5(14-2)3-15-4;;/h4-7H,3H2,1-2H3,(H,8,9,10)(H,11,12,13);;/q;2*+1/p-2/t4-,5+,6-,7-;;/m0../s1. The first-order valence-corrected chi connectivity index (χ1v) is 7.63. The van der Waals surface area contributed by atoms with Crippen LogP contribution in [0.25, 0.3) is 0 Å².